The number of nitrogens with zero attached hydrogens (tertiary/aromatic N) is 3. The molecule has 3 rings (SSSR count). The van der Waals surface area contributed by atoms with Gasteiger partial charge >= 0.3 is 0 Å². The summed E-state index contributed by atoms with van der Waals surface area (Å²) in [5.74, 6) is -0.198. The van der Waals surface area contributed by atoms with E-state index in [2.05, 4.69) is 9.97 Å². The summed E-state index contributed by atoms with van der Waals surface area (Å²) >= 11 is 7.42. The number of carbonyl (C=O) groups is 1. The predicted octanol–water partition coefficient (Wildman–Crippen LogP) is 4.17. The third-order valence-corrected chi connectivity index (χ3v) is 5.17. The molecule has 1 aliphatic rings. The van der Waals surface area contributed by atoms with Crippen LogP contribution in [0.1, 0.15) is 29.8 Å². The fraction of sp³-hybridized carbons (Fsp3) is 0.389. The Morgan fingerprint density at radius 2 is 2.00 bits per heavy atom. The molecule has 0 saturated heterocycles. The summed E-state index contributed by atoms with van der Waals surface area (Å²) in [5.41, 5.74) is 2.12. The van der Waals surface area contributed by atoms with E-state index in [0.29, 0.717) is 15.7 Å². The van der Waals surface area contributed by atoms with E-state index in [-0.39, 0.29) is 30.1 Å². The Morgan fingerprint density at radius 3 is 2.60 bits per heavy atom. The smallest absolute Gasteiger partial charge is 0.233 e. The minimum atomic E-state index is -0.378. The van der Waals surface area contributed by atoms with E-state index >= 15 is 0 Å². The van der Waals surface area contributed by atoms with Gasteiger partial charge in [-0.15, -0.1) is 0 Å². The zero-order chi connectivity index (χ0) is 18.0. The molecule has 132 valence electrons. The maximum atomic E-state index is 14.1. The maximum Gasteiger partial charge on any atom is 0.233 e. The Morgan fingerprint density at radius 1 is 1.32 bits per heavy atom. The van der Waals surface area contributed by atoms with Crippen molar-refractivity contribution in [3.05, 3.63) is 52.1 Å². The Labute approximate surface area is 155 Å². The minimum Gasteiger partial charge on any atom is -0.334 e. The lowest BCUT2D eigenvalue weighted by molar-refractivity contribution is -0.129. The summed E-state index contributed by atoms with van der Waals surface area (Å²) < 4.78 is 14.1. The lowest BCUT2D eigenvalue weighted by Crippen LogP contribution is -2.34. The molecule has 0 radical (unpaired) electrons. The van der Waals surface area contributed by atoms with Gasteiger partial charge < -0.3 is 4.90 Å². The quantitative estimate of drug-likeness (QED) is 0.558. The first kappa shape index (κ1) is 18.1. The van der Waals surface area contributed by atoms with E-state index < -0.39 is 0 Å². The van der Waals surface area contributed by atoms with E-state index in [1.54, 1.807) is 17.0 Å². The molecular weight excluding hydrogens is 361 g/mol. The maximum absolute atomic E-state index is 14.1. The van der Waals surface area contributed by atoms with Crippen molar-refractivity contribution in [3.63, 3.8) is 0 Å². The van der Waals surface area contributed by atoms with Crippen LogP contribution >= 0.6 is 23.4 Å². The summed E-state index contributed by atoms with van der Waals surface area (Å²) in [6, 6.07) is 6.65. The van der Waals surface area contributed by atoms with Gasteiger partial charge in [0.1, 0.15) is 5.82 Å². The lowest BCUT2D eigenvalue weighted by Gasteiger charge is -2.23. The summed E-state index contributed by atoms with van der Waals surface area (Å²) in [4.78, 5) is 23.1. The van der Waals surface area contributed by atoms with Crippen molar-refractivity contribution in [2.75, 3.05) is 5.75 Å². The normalized spacial score (nSPS) is 13.8. The van der Waals surface area contributed by atoms with Crippen LogP contribution in [-0.4, -0.2) is 32.6 Å². The number of amides is 1. The Bertz CT molecular complexity index is 757. The lowest BCUT2D eigenvalue weighted by atomic mass is 10.2. The predicted molar refractivity (Wildman–Crippen MR) is 97.2 cm³/mol. The molecule has 0 spiro atoms. The molecule has 25 heavy (non-hydrogen) atoms. The summed E-state index contributed by atoms with van der Waals surface area (Å²) in [5, 5.41) is 0.939. The Balaban J connectivity index is 1.69. The Hall–Kier alpha value is -1.66. The van der Waals surface area contributed by atoms with Gasteiger partial charge in [0.2, 0.25) is 5.91 Å². The molecule has 1 aromatic carbocycles. The molecule has 0 bridgehead atoms. The molecule has 7 heteroatoms. The van der Waals surface area contributed by atoms with E-state index in [9.17, 15) is 9.18 Å². The fourth-order valence-electron chi connectivity index (χ4n) is 2.63. The summed E-state index contributed by atoms with van der Waals surface area (Å²) in [6.45, 7) is 4.00. The number of aromatic nitrogens is 2. The molecular formula is C18H19ClFN3OS. The van der Waals surface area contributed by atoms with Crippen LogP contribution < -0.4 is 0 Å². The molecule has 2 aromatic rings. The molecule has 0 unspecified atom stereocenters. The van der Waals surface area contributed by atoms with Crippen LogP contribution in [0.15, 0.2) is 29.4 Å². The minimum absolute atomic E-state index is 0.0467. The van der Waals surface area contributed by atoms with Crippen molar-refractivity contribution < 1.29 is 9.18 Å². The van der Waals surface area contributed by atoms with Gasteiger partial charge in [-0.3, -0.25) is 4.79 Å². The van der Waals surface area contributed by atoms with Crippen LogP contribution in [-0.2, 0) is 11.3 Å². The number of thioether (sulfide) groups is 1. The van der Waals surface area contributed by atoms with Gasteiger partial charge in [0, 0.05) is 28.0 Å². The molecule has 1 fully saturated rings. The zero-order valence-corrected chi connectivity index (χ0v) is 15.7. The van der Waals surface area contributed by atoms with Crippen molar-refractivity contribution >= 4 is 29.3 Å². The highest BCUT2D eigenvalue weighted by Crippen LogP contribution is 2.31. The molecule has 4 nitrogen and oxygen atoms in total. The molecule has 1 saturated carbocycles. The summed E-state index contributed by atoms with van der Waals surface area (Å²) in [7, 11) is 0. The zero-order valence-electron chi connectivity index (χ0n) is 14.1. The van der Waals surface area contributed by atoms with Crippen molar-refractivity contribution in [2.24, 2.45) is 0 Å². The highest BCUT2D eigenvalue weighted by Gasteiger charge is 2.33. The standard InChI is InChI=1S/C18H19ClFN3OS/c1-11-8-12(2)22-18(21-11)25-10-17(24)23(13-6-7-13)9-14-15(19)4-3-5-16(14)20/h3-5,8,13H,6-7,9-10H2,1-2H3. The van der Waals surface area contributed by atoms with Crippen molar-refractivity contribution in [1.82, 2.24) is 14.9 Å². The molecule has 1 aliphatic carbocycles. The largest absolute Gasteiger partial charge is 0.334 e. The number of benzene rings is 1. The molecule has 1 aromatic heterocycles. The first-order chi connectivity index (χ1) is 11.9. The van der Waals surface area contributed by atoms with Crippen LogP contribution in [0.4, 0.5) is 4.39 Å². The van der Waals surface area contributed by atoms with Gasteiger partial charge in [0.25, 0.3) is 0 Å². The number of hydrogen-bond donors (Lipinski definition) is 0. The topological polar surface area (TPSA) is 46.1 Å². The van der Waals surface area contributed by atoms with Gasteiger partial charge in [0.15, 0.2) is 5.16 Å². The number of halogens is 2. The van der Waals surface area contributed by atoms with Crippen molar-refractivity contribution in [3.8, 4) is 0 Å². The van der Waals surface area contributed by atoms with Gasteiger partial charge in [0.05, 0.1) is 12.3 Å². The molecule has 1 amide bonds. The van der Waals surface area contributed by atoms with Crippen LogP contribution in [0.5, 0.6) is 0 Å². The Kier molecular flexibility index (Phi) is 5.59. The first-order valence-corrected chi connectivity index (χ1v) is 9.48. The SMILES string of the molecule is Cc1cc(C)nc(SCC(=O)N(Cc2c(F)cccc2Cl)C2CC2)n1. The third-order valence-electron chi connectivity index (χ3n) is 3.98. The van der Waals surface area contributed by atoms with E-state index in [1.807, 2.05) is 19.9 Å². The van der Waals surface area contributed by atoms with Crippen molar-refractivity contribution in [1.29, 1.82) is 0 Å². The van der Waals surface area contributed by atoms with Gasteiger partial charge in [-0.1, -0.05) is 29.4 Å². The monoisotopic (exact) mass is 379 g/mol. The van der Waals surface area contributed by atoms with Crippen LogP contribution in [0.25, 0.3) is 0 Å². The van der Waals surface area contributed by atoms with E-state index in [4.69, 9.17) is 11.6 Å². The number of hydrogen-bond acceptors (Lipinski definition) is 4. The van der Waals surface area contributed by atoms with E-state index in [1.165, 1.54) is 17.8 Å². The second-order valence-electron chi connectivity index (χ2n) is 6.17. The second kappa shape index (κ2) is 7.70. The van der Waals surface area contributed by atoms with Crippen LogP contribution in [0, 0.1) is 19.7 Å². The number of rotatable bonds is 6. The van der Waals surface area contributed by atoms with E-state index in [0.717, 1.165) is 24.2 Å². The highest BCUT2D eigenvalue weighted by atomic mass is 35.5. The van der Waals surface area contributed by atoms with Gasteiger partial charge in [-0.25, -0.2) is 14.4 Å². The van der Waals surface area contributed by atoms with Crippen LogP contribution in [0.3, 0.4) is 0 Å². The second-order valence-corrected chi connectivity index (χ2v) is 7.52. The fourth-order valence-corrected chi connectivity index (χ4v) is 3.69. The summed E-state index contributed by atoms with van der Waals surface area (Å²) in [6.07, 6.45) is 1.89. The molecule has 1 heterocycles. The average molecular weight is 380 g/mol. The first-order valence-electron chi connectivity index (χ1n) is 8.11. The number of aryl methyl sites for hydroxylation is 2. The molecule has 0 atom stereocenters. The van der Waals surface area contributed by atoms with Gasteiger partial charge in [-0.05, 0) is 44.9 Å². The van der Waals surface area contributed by atoms with Crippen LogP contribution in [0.2, 0.25) is 5.02 Å². The molecule has 0 aliphatic heterocycles. The van der Waals surface area contributed by atoms with Crippen molar-refractivity contribution in [2.45, 2.75) is 44.4 Å². The van der Waals surface area contributed by atoms with Gasteiger partial charge in [-0.2, -0.15) is 0 Å². The average Bonchev–Trinajstić information content (AvgIpc) is 3.36. The highest BCUT2D eigenvalue weighted by molar-refractivity contribution is 7.99. The third kappa shape index (κ3) is 4.70. The molecule has 0 N–H and O–H groups in total. The number of carbonyl (C=O) groups excluding carboxylic acids is 1.